The fourth-order valence-electron chi connectivity index (χ4n) is 3.81. The molecule has 2 radical (unpaired) electrons. The van der Waals surface area contributed by atoms with E-state index in [1.165, 1.54) is 102 Å². The minimum Gasteiger partial charge on any atom is -0.361 e. The molecule has 0 atom stereocenters. The van der Waals surface area contributed by atoms with Crippen molar-refractivity contribution in [1.82, 2.24) is 5.32 Å². The minimum atomic E-state index is -4.67. The quantitative estimate of drug-likeness (QED) is 0.124. The maximum atomic E-state index is 12.2. The number of carbonyl (C=O) groups excluding carboxylic acids is 1. The van der Waals surface area contributed by atoms with E-state index in [4.69, 9.17) is 4.55 Å². The molecule has 1 amide bonds. The molecular weight excluding hydrogens is 472 g/mol. The fourth-order valence-corrected chi connectivity index (χ4v) is 4.18. The van der Waals surface area contributed by atoms with Crippen LogP contribution in [0.5, 0.6) is 5.75 Å². The summed E-state index contributed by atoms with van der Waals surface area (Å²) in [6, 6.07) is 5.94. The fraction of sp³-hybridized carbons (Fsp3) is 0.720. The van der Waals surface area contributed by atoms with Crippen molar-refractivity contribution >= 4 is 75.4 Å². The van der Waals surface area contributed by atoms with Crippen LogP contribution in [0.3, 0.4) is 0 Å². The Labute approximate surface area is 252 Å². The predicted molar refractivity (Wildman–Crippen MR) is 142 cm³/mol. The van der Waals surface area contributed by atoms with E-state index in [1.54, 1.807) is 6.07 Å². The zero-order chi connectivity index (χ0) is 23.5. The average molecular weight is 516 g/mol. The predicted octanol–water partition coefficient (Wildman–Crippen LogP) is 6.10. The summed E-state index contributed by atoms with van der Waals surface area (Å²) in [5.41, 5.74) is 0.0848. The minimum absolute atomic E-state index is 0. The Morgan fingerprint density at radius 1 is 0.765 bits per heavy atom. The second-order valence-electron chi connectivity index (χ2n) is 8.57. The van der Waals surface area contributed by atoms with Gasteiger partial charge in [0.05, 0.1) is 5.56 Å². The molecule has 0 fully saturated rings. The van der Waals surface area contributed by atoms with E-state index in [0.717, 1.165) is 19.3 Å². The number of para-hydroxylation sites is 1. The van der Waals surface area contributed by atoms with Crippen molar-refractivity contribution in [2.45, 2.75) is 110 Å². The van der Waals surface area contributed by atoms with Gasteiger partial charge in [-0.25, -0.2) is 0 Å². The van der Waals surface area contributed by atoms with Gasteiger partial charge in [-0.1, -0.05) is 115 Å². The Bertz CT molecular complexity index is 732. The molecule has 0 aliphatic heterocycles. The summed E-state index contributed by atoms with van der Waals surface area (Å²) in [6.07, 6.45) is 20.8. The van der Waals surface area contributed by atoms with E-state index in [9.17, 15) is 13.2 Å². The first-order chi connectivity index (χ1) is 15.4. The topological polar surface area (TPSA) is 92.7 Å². The maximum Gasteiger partial charge on any atom is 0.446 e. The monoisotopic (exact) mass is 515 g/mol. The van der Waals surface area contributed by atoms with Gasteiger partial charge in [-0.05, 0) is 18.6 Å². The van der Waals surface area contributed by atoms with Gasteiger partial charge in [-0.3, -0.25) is 9.35 Å². The van der Waals surface area contributed by atoms with Gasteiger partial charge in [-0.15, -0.1) is 0 Å². The summed E-state index contributed by atoms with van der Waals surface area (Å²) in [7, 11) is -4.67. The molecule has 1 aromatic carbocycles. The second-order valence-corrected chi connectivity index (χ2v) is 9.59. The van der Waals surface area contributed by atoms with Gasteiger partial charge in [-0.2, -0.15) is 8.42 Å². The van der Waals surface area contributed by atoms with Crippen molar-refractivity contribution in [3.8, 4) is 5.75 Å². The number of amides is 1. The molecule has 186 valence electrons. The molecule has 0 bridgehead atoms. The van der Waals surface area contributed by atoms with E-state index in [2.05, 4.69) is 16.4 Å². The van der Waals surface area contributed by atoms with Gasteiger partial charge in [0, 0.05) is 65.7 Å². The Hall–Kier alpha value is 0.400. The smallest absolute Gasteiger partial charge is 0.361 e. The number of hydrogen-bond acceptors (Lipinski definition) is 4. The van der Waals surface area contributed by atoms with E-state index in [1.807, 2.05) is 0 Å². The molecule has 2 N–H and O–H groups in total. The van der Waals surface area contributed by atoms with Crippen LogP contribution in [0.15, 0.2) is 24.3 Å². The van der Waals surface area contributed by atoms with Gasteiger partial charge >= 0.3 is 10.4 Å². The zero-order valence-corrected chi connectivity index (χ0v) is 26.6. The SMILES string of the molecule is CCCCCCCCCCCCCCCCCCNC(=O)c1ccccc1OS(=O)(=O)O.[Na].[Na]. The van der Waals surface area contributed by atoms with Crippen LogP contribution in [0, 0.1) is 0 Å². The zero-order valence-electron chi connectivity index (χ0n) is 21.8. The molecule has 34 heavy (non-hydrogen) atoms. The Morgan fingerprint density at radius 3 is 1.62 bits per heavy atom. The number of rotatable bonds is 20. The molecule has 6 nitrogen and oxygen atoms in total. The summed E-state index contributed by atoms with van der Waals surface area (Å²) >= 11 is 0. The van der Waals surface area contributed by atoms with Crippen LogP contribution in [-0.4, -0.2) is 84.5 Å². The van der Waals surface area contributed by atoms with Crippen LogP contribution in [0.2, 0.25) is 0 Å². The Morgan fingerprint density at radius 2 is 1.18 bits per heavy atom. The Balaban J connectivity index is 0. The maximum absolute atomic E-state index is 12.2. The summed E-state index contributed by atoms with van der Waals surface area (Å²) in [5, 5.41) is 2.78. The molecule has 0 aliphatic carbocycles. The van der Waals surface area contributed by atoms with Gasteiger partial charge < -0.3 is 9.50 Å². The molecule has 0 spiro atoms. The van der Waals surface area contributed by atoms with Crippen LogP contribution in [0.4, 0.5) is 0 Å². The summed E-state index contributed by atoms with van der Waals surface area (Å²) < 4.78 is 35.1. The van der Waals surface area contributed by atoms with Crippen molar-refractivity contribution in [3.63, 3.8) is 0 Å². The number of benzene rings is 1. The number of unbranched alkanes of at least 4 members (excludes halogenated alkanes) is 15. The molecule has 9 heteroatoms. The molecule has 1 aromatic rings. The first-order valence-electron chi connectivity index (χ1n) is 12.5. The first kappa shape index (κ1) is 36.6. The van der Waals surface area contributed by atoms with Crippen molar-refractivity contribution in [2.75, 3.05) is 6.54 Å². The number of hydrogen-bond donors (Lipinski definition) is 2. The third-order valence-electron chi connectivity index (χ3n) is 5.64. The van der Waals surface area contributed by atoms with Gasteiger partial charge in [0.15, 0.2) is 5.75 Å². The van der Waals surface area contributed by atoms with E-state index in [0.29, 0.717) is 6.54 Å². The number of carbonyl (C=O) groups is 1. The Kier molecular flexibility index (Phi) is 25.6. The van der Waals surface area contributed by atoms with Crippen LogP contribution in [0.1, 0.15) is 120 Å². The van der Waals surface area contributed by atoms with E-state index >= 15 is 0 Å². The number of nitrogens with one attached hydrogen (secondary N) is 1. The molecular formula is C25H43NNa2O5S. The summed E-state index contributed by atoms with van der Waals surface area (Å²) in [5.74, 6) is -0.593. The van der Waals surface area contributed by atoms with Crippen LogP contribution >= 0.6 is 0 Å². The molecule has 0 unspecified atom stereocenters. The molecule has 0 heterocycles. The van der Waals surface area contributed by atoms with Crippen LogP contribution < -0.4 is 9.50 Å². The first-order valence-corrected chi connectivity index (χ1v) is 13.8. The van der Waals surface area contributed by atoms with E-state index < -0.39 is 16.3 Å². The molecule has 1 rings (SSSR count). The summed E-state index contributed by atoms with van der Waals surface area (Å²) in [6.45, 7) is 2.79. The normalized spacial score (nSPS) is 10.8. The van der Waals surface area contributed by atoms with Crippen LogP contribution in [-0.2, 0) is 10.4 Å². The van der Waals surface area contributed by atoms with Crippen molar-refractivity contribution < 1.29 is 21.9 Å². The molecule has 0 aliphatic rings. The largest absolute Gasteiger partial charge is 0.446 e. The van der Waals surface area contributed by atoms with Crippen LogP contribution in [0.25, 0.3) is 0 Å². The molecule has 0 aromatic heterocycles. The average Bonchev–Trinajstić information content (AvgIpc) is 2.75. The second kappa shape index (κ2) is 23.8. The summed E-state index contributed by atoms with van der Waals surface area (Å²) in [4.78, 5) is 12.2. The molecule has 0 saturated carbocycles. The van der Waals surface area contributed by atoms with Gasteiger partial charge in [0.1, 0.15) is 0 Å². The van der Waals surface area contributed by atoms with Crippen molar-refractivity contribution in [1.29, 1.82) is 0 Å². The van der Waals surface area contributed by atoms with E-state index in [-0.39, 0.29) is 70.4 Å². The van der Waals surface area contributed by atoms with Crippen molar-refractivity contribution in [2.24, 2.45) is 0 Å². The van der Waals surface area contributed by atoms with Crippen molar-refractivity contribution in [3.05, 3.63) is 29.8 Å². The van der Waals surface area contributed by atoms with Gasteiger partial charge in [0.2, 0.25) is 0 Å². The third kappa shape index (κ3) is 20.6. The molecule has 0 saturated heterocycles. The standard InChI is InChI=1S/C25H43NO5S.2Na/c1-2-3-4-5-6-7-8-9-10-11-12-13-14-15-16-19-22-26-25(27)23-20-17-18-21-24(23)31-32(28,29)30;;/h17-18,20-21H,2-16,19,22H2,1H3,(H,26,27)(H,28,29,30);;. The third-order valence-corrected chi connectivity index (χ3v) is 6.03. The van der Waals surface area contributed by atoms with Gasteiger partial charge in [0.25, 0.3) is 5.91 Å².